The maximum absolute atomic E-state index is 12.8. The summed E-state index contributed by atoms with van der Waals surface area (Å²) in [6.45, 7) is 0.224. The zero-order valence-corrected chi connectivity index (χ0v) is 7.66. The van der Waals surface area contributed by atoms with Crippen LogP contribution in [0.2, 0.25) is 5.02 Å². The van der Waals surface area contributed by atoms with Gasteiger partial charge >= 0.3 is 0 Å². The normalized spacial score (nSPS) is 10.5. The zero-order valence-electron chi connectivity index (χ0n) is 6.90. The van der Waals surface area contributed by atoms with Crippen molar-refractivity contribution in [2.45, 2.75) is 6.54 Å². The molecule has 1 aromatic rings. The van der Waals surface area contributed by atoms with Crippen molar-refractivity contribution in [3.05, 3.63) is 34.4 Å². The molecule has 2 nitrogen and oxygen atoms in total. The highest BCUT2D eigenvalue weighted by molar-refractivity contribution is 6.30. The molecular formula is C8H8ClF2NO. The van der Waals surface area contributed by atoms with Crippen LogP contribution in [0.1, 0.15) is 5.56 Å². The predicted octanol–water partition coefficient (Wildman–Crippen LogP) is 2.27. The van der Waals surface area contributed by atoms with Gasteiger partial charge in [0.25, 0.3) is 0 Å². The van der Waals surface area contributed by atoms with Crippen molar-refractivity contribution in [1.82, 2.24) is 5.48 Å². The summed E-state index contributed by atoms with van der Waals surface area (Å²) in [6, 6.07) is 2.30. The van der Waals surface area contributed by atoms with Gasteiger partial charge in [0, 0.05) is 6.54 Å². The highest BCUT2D eigenvalue weighted by Crippen LogP contribution is 2.20. The first-order chi connectivity index (χ1) is 6.15. The molecule has 1 aromatic carbocycles. The Morgan fingerprint density at radius 1 is 1.38 bits per heavy atom. The Morgan fingerprint density at radius 2 is 1.92 bits per heavy atom. The van der Waals surface area contributed by atoms with Crippen LogP contribution in [-0.4, -0.2) is 7.11 Å². The van der Waals surface area contributed by atoms with Crippen LogP contribution >= 0.6 is 11.6 Å². The Balaban J connectivity index is 2.86. The minimum Gasteiger partial charge on any atom is -0.305 e. The van der Waals surface area contributed by atoms with Gasteiger partial charge in [0.05, 0.1) is 7.11 Å². The summed E-state index contributed by atoms with van der Waals surface area (Å²) >= 11 is 5.28. The van der Waals surface area contributed by atoms with Gasteiger partial charge in [-0.3, -0.25) is 0 Å². The quantitative estimate of drug-likeness (QED) is 0.607. The van der Waals surface area contributed by atoms with Crippen molar-refractivity contribution in [3.8, 4) is 0 Å². The third-order valence-corrected chi connectivity index (χ3v) is 1.83. The topological polar surface area (TPSA) is 21.3 Å². The van der Waals surface area contributed by atoms with E-state index < -0.39 is 16.7 Å². The van der Waals surface area contributed by atoms with Crippen LogP contribution in [0.25, 0.3) is 0 Å². The lowest BCUT2D eigenvalue weighted by atomic mass is 10.2. The van der Waals surface area contributed by atoms with Gasteiger partial charge in [-0.05, 0) is 17.7 Å². The number of rotatable bonds is 3. The molecule has 0 fully saturated rings. The Hall–Kier alpha value is -0.710. The van der Waals surface area contributed by atoms with Gasteiger partial charge < -0.3 is 4.84 Å². The lowest BCUT2D eigenvalue weighted by Gasteiger charge is -2.03. The Labute approximate surface area is 79.4 Å². The molecule has 0 amide bonds. The van der Waals surface area contributed by atoms with E-state index in [9.17, 15) is 8.78 Å². The molecule has 0 heterocycles. The van der Waals surface area contributed by atoms with Crippen LogP contribution in [0.15, 0.2) is 12.1 Å². The van der Waals surface area contributed by atoms with Crippen LogP contribution in [0.4, 0.5) is 8.78 Å². The van der Waals surface area contributed by atoms with Crippen molar-refractivity contribution in [2.75, 3.05) is 7.11 Å². The second-order valence-corrected chi connectivity index (χ2v) is 2.78. The van der Waals surface area contributed by atoms with E-state index in [0.717, 1.165) is 12.1 Å². The molecule has 0 atom stereocenters. The molecule has 0 aliphatic carbocycles. The van der Waals surface area contributed by atoms with E-state index in [-0.39, 0.29) is 6.54 Å². The van der Waals surface area contributed by atoms with Crippen molar-refractivity contribution in [1.29, 1.82) is 0 Å². The molecule has 0 bridgehead atoms. The number of hydroxylamine groups is 1. The Bertz CT molecular complexity index is 283. The average molecular weight is 208 g/mol. The van der Waals surface area contributed by atoms with Crippen LogP contribution in [0.5, 0.6) is 0 Å². The Kier molecular flexibility index (Phi) is 3.59. The first-order valence-corrected chi connectivity index (χ1v) is 3.92. The van der Waals surface area contributed by atoms with Crippen molar-refractivity contribution < 1.29 is 13.6 Å². The molecule has 0 aliphatic heterocycles. The molecule has 1 N–H and O–H groups in total. The molecule has 0 saturated carbocycles. The van der Waals surface area contributed by atoms with Crippen LogP contribution in [0.3, 0.4) is 0 Å². The number of nitrogens with one attached hydrogen (secondary N) is 1. The van der Waals surface area contributed by atoms with Gasteiger partial charge in [-0.25, -0.2) is 8.78 Å². The molecule has 0 aromatic heterocycles. The van der Waals surface area contributed by atoms with Gasteiger partial charge in [0.1, 0.15) is 16.7 Å². The van der Waals surface area contributed by atoms with E-state index in [2.05, 4.69) is 10.3 Å². The molecular weight excluding hydrogens is 200 g/mol. The number of hydrogen-bond acceptors (Lipinski definition) is 2. The standard InChI is InChI=1S/C8H8ClF2NO/c1-13-12-4-5-2-6(10)8(9)7(11)3-5/h2-3,12H,4H2,1H3. The van der Waals surface area contributed by atoms with E-state index in [1.54, 1.807) is 0 Å². The molecule has 0 aliphatic rings. The highest BCUT2D eigenvalue weighted by Gasteiger charge is 2.07. The van der Waals surface area contributed by atoms with E-state index >= 15 is 0 Å². The SMILES string of the molecule is CONCc1cc(F)c(Cl)c(F)c1. The highest BCUT2D eigenvalue weighted by atomic mass is 35.5. The lowest BCUT2D eigenvalue weighted by Crippen LogP contribution is -2.11. The fourth-order valence-corrected chi connectivity index (χ4v) is 0.975. The number of halogens is 3. The summed E-state index contributed by atoms with van der Waals surface area (Å²) in [5.74, 6) is -1.54. The number of hydrogen-bond donors (Lipinski definition) is 1. The maximum Gasteiger partial charge on any atom is 0.145 e. The van der Waals surface area contributed by atoms with Crippen molar-refractivity contribution >= 4 is 11.6 Å². The number of benzene rings is 1. The fraction of sp³-hybridized carbons (Fsp3) is 0.250. The van der Waals surface area contributed by atoms with Crippen LogP contribution < -0.4 is 5.48 Å². The second-order valence-electron chi connectivity index (χ2n) is 2.40. The molecule has 1 rings (SSSR count). The average Bonchev–Trinajstić information content (AvgIpc) is 2.10. The van der Waals surface area contributed by atoms with Gasteiger partial charge in [-0.15, -0.1) is 0 Å². The summed E-state index contributed by atoms with van der Waals surface area (Å²) in [5, 5.41) is -0.485. The molecule has 5 heteroatoms. The monoisotopic (exact) mass is 207 g/mol. The van der Waals surface area contributed by atoms with Gasteiger partial charge in [0.15, 0.2) is 0 Å². The second kappa shape index (κ2) is 4.50. The van der Waals surface area contributed by atoms with E-state index in [4.69, 9.17) is 11.6 Å². The smallest absolute Gasteiger partial charge is 0.145 e. The molecule has 0 spiro atoms. The summed E-state index contributed by atoms with van der Waals surface area (Å²) in [4.78, 5) is 4.53. The van der Waals surface area contributed by atoms with Gasteiger partial charge in [-0.2, -0.15) is 5.48 Å². The summed E-state index contributed by atoms with van der Waals surface area (Å²) in [6.07, 6.45) is 0. The molecule has 0 saturated heterocycles. The van der Waals surface area contributed by atoms with Crippen molar-refractivity contribution in [2.24, 2.45) is 0 Å². The Morgan fingerprint density at radius 3 is 2.38 bits per heavy atom. The summed E-state index contributed by atoms with van der Waals surface area (Å²) in [5.41, 5.74) is 2.89. The molecule has 72 valence electrons. The summed E-state index contributed by atoms with van der Waals surface area (Å²) < 4.78 is 25.7. The lowest BCUT2D eigenvalue weighted by molar-refractivity contribution is 0.0866. The minimum atomic E-state index is -0.769. The van der Waals surface area contributed by atoms with Gasteiger partial charge in [0.2, 0.25) is 0 Å². The first-order valence-electron chi connectivity index (χ1n) is 3.54. The maximum atomic E-state index is 12.8. The van der Waals surface area contributed by atoms with E-state index in [1.165, 1.54) is 7.11 Å². The minimum absolute atomic E-state index is 0.224. The van der Waals surface area contributed by atoms with Gasteiger partial charge in [-0.1, -0.05) is 11.6 Å². The largest absolute Gasteiger partial charge is 0.305 e. The van der Waals surface area contributed by atoms with Crippen molar-refractivity contribution in [3.63, 3.8) is 0 Å². The zero-order chi connectivity index (χ0) is 9.84. The van der Waals surface area contributed by atoms with Crippen LogP contribution in [-0.2, 0) is 11.4 Å². The van der Waals surface area contributed by atoms with E-state index in [1.807, 2.05) is 0 Å². The first kappa shape index (κ1) is 10.4. The molecule has 0 unspecified atom stereocenters. The van der Waals surface area contributed by atoms with E-state index in [0.29, 0.717) is 5.56 Å². The third-order valence-electron chi connectivity index (χ3n) is 1.46. The predicted molar refractivity (Wildman–Crippen MR) is 45.2 cm³/mol. The molecule has 0 radical (unpaired) electrons. The molecule has 13 heavy (non-hydrogen) atoms. The fourth-order valence-electron chi connectivity index (χ4n) is 0.866. The van der Waals surface area contributed by atoms with Crippen LogP contribution in [0, 0.1) is 11.6 Å². The summed E-state index contributed by atoms with van der Waals surface area (Å²) in [7, 11) is 1.42. The third kappa shape index (κ3) is 2.62.